The SMILES string of the molecule is CC(C)(C)OC(=O)CC[C@@H](Cc1c[nH]c2ccccc12)C(=O)O. The number of carbonyl (C=O) groups is 2. The summed E-state index contributed by atoms with van der Waals surface area (Å²) in [4.78, 5) is 26.4. The van der Waals surface area contributed by atoms with Crippen molar-refractivity contribution in [2.24, 2.45) is 5.92 Å². The lowest BCUT2D eigenvalue weighted by molar-refractivity contribution is -0.155. The summed E-state index contributed by atoms with van der Waals surface area (Å²) in [5, 5.41) is 10.5. The Morgan fingerprint density at radius 2 is 1.96 bits per heavy atom. The van der Waals surface area contributed by atoms with Gasteiger partial charge < -0.3 is 14.8 Å². The van der Waals surface area contributed by atoms with Gasteiger partial charge in [-0.05, 0) is 45.2 Å². The molecule has 5 heteroatoms. The maximum Gasteiger partial charge on any atom is 0.306 e. The standard InChI is InChI=1S/C18H23NO4/c1-18(2,3)23-16(20)9-8-12(17(21)22)10-13-11-19-15-7-5-4-6-14(13)15/h4-7,11-12,19H,8-10H2,1-3H3,(H,21,22)/t12-/m0/s1. The van der Waals surface area contributed by atoms with E-state index in [1.807, 2.05) is 30.5 Å². The predicted octanol–water partition coefficient (Wildman–Crippen LogP) is 3.53. The van der Waals surface area contributed by atoms with Crippen molar-refractivity contribution in [2.45, 2.75) is 45.6 Å². The molecule has 0 fully saturated rings. The summed E-state index contributed by atoms with van der Waals surface area (Å²) in [6, 6.07) is 7.78. The lowest BCUT2D eigenvalue weighted by Crippen LogP contribution is -2.25. The second kappa shape index (κ2) is 6.86. The summed E-state index contributed by atoms with van der Waals surface area (Å²) in [7, 11) is 0. The van der Waals surface area contributed by atoms with Crippen LogP contribution in [0.15, 0.2) is 30.5 Å². The number of hydrogen-bond donors (Lipinski definition) is 2. The molecule has 1 atom stereocenters. The predicted molar refractivity (Wildman–Crippen MR) is 88.2 cm³/mol. The van der Waals surface area contributed by atoms with Crippen LogP contribution in [0.2, 0.25) is 0 Å². The molecule has 1 aromatic heterocycles. The van der Waals surface area contributed by atoms with E-state index < -0.39 is 17.5 Å². The number of hydrogen-bond acceptors (Lipinski definition) is 3. The van der Waals surface area contributed by atoms with Crippen molar-refractivity contribution in [2.75, 3.05) is 0 Å². The van der Waals surface area contributed by atoms with Gasteiger partial charge in [-0.15, -0.1) is 0 Å². The lowest BCUT2D eigenvalue weighted by Gasteiger charge is -2.20. The number of para-hydroxylation sites is 1. The second-order valence-electron chi connectivity index (χ2n) is 6.72. The van der Waals surface area contributed by atoms with Crippen molar-refractivity contribution >= 4 is 22.8 Å². The van der Waals surface area contributed by atoms with Crippen LogP contribution >= 0.6 is 0 Å². The number of rotatable bonds is 6. The normalized spacial score (nSPS) is 13.0. The highest BCUT2D eigenvalue weighted by Gasteiger charge is 2.23. The van der Waals surface area contributed by atoms with Crippen molar-refractivity contribution in [3.05, 3.63) is 36.0 Å². The Labute approximate surface area is 135 Å². The van der Waals surface area contributed by atoms with Crippen LogP contribution in [0.25, 0.3) is 10.9 Å². The van der Waals surface area contributed by atoms with Crippen molar-refractivity contribution in [3.63, 3.8) is 0 Å². The van der Waals surface area contributed by atoms with Gasteiger partial charge in [-0.2, -0.15) is 0 Å². The maximum absolute atomic E-state index is 11.8. The van der Waals surface area contributed by atoms with Crippen LogP contribution in [-0.4, -0.2) is 27.6 Å². The Bertz CT molecular complexity index is 696. The van der Waals surface area contributed by atoms with Gasteiger partial charge in [-0.1, -0.05) is 18.2 Å². The molecule has 0 saturated carbocycles. The molecule has 0 saturated heterocycles. The van der Waals surface area contributed by atoms with E-state index in [1.54, 1.807) is 20.8 Å². The molecule has 0 aliphatic rings. The number of carboxylic acids is 1. The Morgan fingerprint density at radius 1 is 1.26 bits per heavy atom. The molecule has 2 rings (SSSR count). The topological polar surface area (TPSA) is 79.4 Å². The van der Waals surface area contributed by atoms with Gasteiger partial charge in [-0.3, -0.25) is 9.59 Å². The number of ether oxygens (including phenoxy) is 1. The Kier molecular flexibility index (Phi) is 5.08. The number of carbonyl (C=O) groups excluding carboxylic acids is 1. The molecule has 2 N–H and O–H groups in total. The molecule has 124 valence electrons. The fourth-order valence-corrected chi connectivity index (χ4v) is 2.56. The summed E-state index contributed by atoms with van der Waals surface area (Å²) in [6.07, 6.45) is 2.61. The minimum atomic E-state index is -0.890. The molecule has 1 aromatic carbocycles. The summed E-state index contributed by atoms with van der Waals surface area (Å²) in [5.41, 5.74) is 1.39. The van der Waals surface area contributed by atoms with Crippen LogP contribution < -0.4 is 0 Å². The molecule has 0 bridgehead atoms. The molecule has 2 aromatic rings. The molecule has 0 radical (unpaired) electrons. The van der Waals surface area contributed by atoms with Gasteiger partial charge >= 0.3 is 11.9 Å². The van der Waals surface area contributed by atoms with E-state index in [9.17, 15) is 14.7 Å². The minimum Gasteiger partial charge on any atom is -0.481 e. The largest absolute Gasteiger partial charge is 0.481 e. The molecule has 0 spiro atoms. The number of esters is 1. The van der Waals surface area contributed by atoms with Crippen molar-refractivity contribution < 1.29 is 19.4 Å². The second-order valence-corrected chi connectivity index (χ2v) is 6.72. The highest BCUT2D eigenvalue weighted by Crippen LogP contribution is 2.23. The highest BCUT2D eigenvalue weighted by atomic mass is 16.6. The van der Waals surface area contributed by atoms with Crippen molar-refractivity contribution in [1.29, 1.82) is 0 Å². The van der Waals surface area contributed by atoms with Crippen LogP contribution in [-0.2, 0) is 20.7 Å². The third-order valence-electron chi connectivity index (χ3n) is 3.61. The molecular weight excluding hydrogens is 294 g/mol. The summed E-state index contributed by atoms with van der Waals surface area (Å²) >= 11 is 0. The fourth-order valence-electron chi connectivity index (χ4n) is 2.56. The molecule has 0 amide bonds. The van der Waals surface area contributed by atoms with E-state index in [0.29, 0.717) is 6.42 Å². The van der Waals surface area contributed by atoms with E-state index in [0.717, 1.165) is 16.5 Å². The molecule has 1 heterocycles. The van der Waals surface area contributed by atoms with Gasteiger partial charge in [0.05, 0.1) is 5.92 Å². The number of benzene rings is 1. The molecule has 23 heavy (non-hydrogen) atoms. The summed E-state index contributed by atoms with van der Waals surface area (Å²) in [6.45, 7) is 5.39. The smallest absolute Gasteiger partial charge is 0.306 e. The number of aromatic amines is 1. The number of H-pyrrole nitrogens is 1. The lowest BCUT2D eigenvalue weighted by atomic mass is 9.94. The Morgan fingerprint density at radius 3 is 2.61 bits per heavy atom. The number of fused-ring (bicyclic) bond motifs is 1. The van der Waals surface area contributed by atoms with Crippen LogP contribution in [0.4, 0.5) is 0 Å². The fraction of sp³-hybridized carbons (Fsp3) is 0.444. The van der Waals surface area contributed by atoms with E-state index in [-0.39, 0.29) is 18.8 Å². The van der Waals surface area contributed by atoms with Crippen LogP contribution in [0, 0.1) is 5.92 Å². The monoisotopic (exact) mass is 317 g/mol. The average Bonchev–Trinajstić information content (AvgIpc) is 2.84. The van der Waals surface area contributed by atoms with Crippen LogP contribution in [0.3, 0.4) is 0 Å². The number of nitrogens with one attached hydrogen (secondary N) is 1. The zero-order valence-corrected chi connectivity index (χ0v) is 13.8. The first-order chi connectivity index (χ1) is 10.8. The van der Waals surface area contributed by atoms with Crippen molar-refractivity contribution in [1.82, 2.24) is 4.98 Å². The van der Waals surface area contributed by atoms with Gasteiger partial charge in [0.25, 0.3) is 0 Å². The first kappa shape index (κ1) is 17.1. The molecule has 0 unspecified atom stereocenters. The quantitative estimate of drug-likeness (QED) is 0.799. The molecule has 5 nitrogen and oxygen atoms in total. The van der Waals surface area contributed by atoms with E-state index in [2.05, 4.69) is 4.98 Å². The maximum atomic E-state index is 11.8. The van der Waals surface area contributed by atoms with Crippen LogP contribution in [0.5, 0.6) is 0 Å². The summed E-state index contributed by atoms with van der Waals surface area (Å²) < 4.78 is 5.24. The zero-order chi connectivity index (χ0) is 17.0. The number of carboxylic acid groups (broad SMARTS) is 1. The Balaban J connectivity index is 2.02. The van der Waals surface area contributed by atoms with Crippen LogP contribution in [0.1, 0.15) is 39.2 Å². The van der Waals surface area contributed by atoms with Crippen molar-refractivity contribution in [3.8, 4) is 0 Å². The zero-order valence-electron chi connectivity index (χ0n) is 13.8. The van der Waals surface area contributed by atoms with Gasteiger partial charge in [0, 0.05) is 23.5 Å². The molecular formula is C18H23NO4. The van der Waals surface area contributed by atoms with Gasteiger partial charge in [0.15, 0.2) is 0 Å². The van der Waals surface area contributed by atoms with Gasteiger partial charge in [-0.25, -0.2) is 0 Å². The van der Waals surface area contributed by atoms with Gasteiger partial charge in [0.2, 0.25) is 0 Å². The third kappa shape index (κ3) is 4.84. The van der Waals surface area contributed by atoms with E-state index in [1.165, 1.54) is 0 Å². The number of aliphatic carboxylic acids is 1. The van der Waals surface area contributed by atoms with E-state index in [4.69, 9.17) is 4.74 Å². The molecule has 0 aliphatic carbocycles. The minimum absolute atomic E-state index is 0.108. The summed E-state index contributed by atoms with van der Waals surface area (Å²) in [5.74, 6) is -1.86. The number of aromatic nitrogens is 1. The third-order valence-corrected chi connectivity index (χ3v) is 3.61. The first-order valence-electron chi connectivity index (χ1n) is 7.76. The highest BCUT2D eigenvalue weighted by molar-refractivity contribution is 5.84. The molecule has 0 aliphatic heterocycles. The van der Waals surface area contributed by atoms with E-state index >= 15 is 0 Å². The average molecular weight is 317 g/mol. The van der Waals surface area contributed by atoms with Gasteiger partial charge in [0.1, 0.15) is 5.60 Å². The Hall–Kier alpha value is -2.30. The first-order valence-corrected chi connectivity index (χ1v) is 7.76.